The van der Waals surface area contributed by atoms with E-state index in [1.807, 2.05) is 0 Å². The largest absolute Gasteiger partial charge is 0.312 e. The Kier molecular flexibility index (Phi) is 4.87. The predicted molar refractivity (Wildman–Crippen MR) is 74.2 cm³/mol. The van der Waals surface area contributed by atoms with Crippen molar-refractivity contribution in [2.24, 2.45) is 17.8 Å². The van der Waals surface area contributed by atoms with E-state index < -0.39 is 0 Å². The highest BCUT2D eigenvalue weighted by Crippen LogP contribution is 2.24. The third kappa shape index (κ3) is 3.69. The van der Waals surface area contributed by atoms with E-state index in [-0.39, 0.29) is 0 Å². The summed E-state index contributed by atoms with van der Waals surface area (Å²) in [6.45, 7) is 12.2. The molecule has 0 aromatic heterocycles. The summed E-state index contributed by atoms with van der Waals surface area (Å²) in [5, 5.41) is 3.79. The highest BCUT2D eigenvalue weighted by molar-refractivity contribution is 4.81. The van der Waals surface area contributed by atoms with E-state index in [2.05, 4.69) is 31.0 Å². The molecule has 1 aliphatic carbocycles. The Bertz CT molecular complexity index is 219. The van der Waals surface area contributed by atoms with Crippen molar-refractivity contribution >= 4 is 0 Å². The van der Waals surface area contributed by atoms with Crippen LogP contribution in [0.3, 0.4) is 0 Å². The molecule has 0 spiro atoms. The molecule has 1 saturated carbocycles. The van der Waals surface area contributed by atoms with Crippen LogP contribution in [0, 0.1) is 17.8 Å². The summed E-state index contributed by atoms with van der Waals surface area (Å²) >= 11 is 0. The third-order valence-corrected chi connectivity index (χ3v) is 5.01. The first-order chi connectivity index (χ1) is 8.16. The topological polar surface area (TPSA) is 15.3 Å². The van der Waals surface area contributed by atoms with Gasteiger partial charge in [-0.1, -0.05) is 33.6 Å². The molecule has 4 atom stereocenters. The average Bonchev–Trinajstić information content (AvgIpc) is 2.61. The second kappa shape index (κ2) is 6.19. The number of nitrogens with zero attached hydrogens (tertiary/aromatic N) is 1. The molecule has 17 heavy (non-hydrogen) atoms. The van der Waals surface area contributed by atoms with Gasteiger partial charge in [-0.3, -0.25) is 0 Å². The van der Waals surface area contributed by atoms with Crippen molar-refractivity contribution in [2.45, 2.75) is 52.5 Å². The van der Waals surface area contributed by atoms with Gasteiger partial charge in [0.2, 0.25) is 0 Å². The molecule has 2 aliphatic rings. The molecule has 0 radical (unpaired) electrons. The number of nitrogens with one attached hydrogen (secondary N) is 1. The van der Waals surface area contributed by atoms with Gasteiger partial charge in [0.1, 0.15) is 0 Å². The molecular weight excluding hydrogens is 208 g/mol. The van der Waals surface area contributed by atoms with Gasteiger partial charge in [0.15, 0.2) is 0 Å². The van der Waals surface area contributed by atoms with Gasteiger partial charge < -0.3 is 10.2 Å². The Labute approximate surface area is 107 Å². The van der Waals surface area contributed by atoms with Gasteiger partial charge in [0.05, 0.1) is 0 Å². The van der Waals surface area contributed by atoms with Gasteiger partial charge in [0.25, 0.3) is 0 Å². The van der Waals surface area contributed by atoms with Crippen LogP contribution >= 0.6 is 0 Å². The maximum absolute atomic E-state index is 3.79. The molecule has 0 bridgehead atoms. The molecule has 100 valence electrons. The summed E-state index contributed by atoms with van der Waals surface area (Å²) in [7, 11) is 0. The quantitative estimate of drug-likeness (QED) is 0.810. The SMILES string of the molecule is CC1CN(CCNC2CCCCC2C)CC1C. The fourth-order valence-corrected chi connectivity index (χ4v) is 3.46. The minimum absolute atomic E-state index is 0.793. The zero-order valence-corrected chi connectivity index (χ0v) is 11.9. The Hall–Kier alpha value is -0.0800. The molecule has 0 aromatic carbocycles. The highest BCUT2D eigenvalue weighted by Gasteiger charge is 2.26. The lowest BCUT2D eigenvalue weighted by Gasteiger charge is -2.30. The van der Waals surface area contributed by atoms with Crippen LogP contribution in [0.1, 0.15) is 46.5 Å². The Morgan fingerprint density at radius 3 is 2.24 bits per heavy atom. The van der Waals surface area contributed by atoms with E-state index in [9.17, 15) is 0 Å². The van der Waals surface area contributed by atoms with Gasteiger partial charge in [0, 0.05) is 32.2 Å². The number of likely N-dealkylation sites (tertiary alicyclic amines) is 1. The summed E-state index contributed by atoms with van der Waals surface area (Å²) in [5.41, 5.74) is 0. The zero-order chi connectivity index (χ0) is 12.3. The molecule has 4 unspecified atom stereocenters. The van der Waals surface area contributed by atoms with Gasteiger partial charge >= 0.3 is 0 Å². The molecule has 1 N–H and O–H groups in total. The van der Waals surface area contributed by atoms with Gasteiger partial charge in [-0.2, -0.15) is 0 Å². The molecule has 0 aromatic rings. The molecule has 2 heteroatoms. The third-order valence-electron chi connectivity index (χ3n) is 5.01. The fraction of sp³-hybridized carbons (Fsp3) is 1.00. The lowest BCUT2D eigenvalue weighted by atomic mass is 9.86. The number of rotatable bonds is 4. The summed E-state index contributed by atoms with van der Waals surface area (Å²) < 4.78 is 0. The highest BCUT2D eigenvalue weighted by atomic mass is 15.2. The molecule has 2 nitrogen and oxygen atoms in total. The van der Waals surface area contributed by atoms with Crippen LogP contribution in [-0.4, -0.2) is 37.1 Å². The van der Waals surface area contributed by atoms with Crippen LogP contribution < -0.4 is 5.32 Å². The summed E-state index contributed by atoms with van der Waals surface area (Å²) in [6.07, 6.45) is 5.70. The van der Waals surface area contributed by atoms with Crippen molar-refractivity contribution in [3.05, 3.63) is 0 Å². The molecule has 1 saturated heterocycles. The van der Waals surface area contributed by atoms with Crippen molar-refractivity contribution in [1.82, 2.24) is 10.2 Å². The van der Waals surface area contributed by atoms with Crippen molar-refractivity contribution in [3.63, 3.8) is 0 Å². The standard InChI is InChI=1S/C15H30N2/c1-12-6-4-5-7-15(12)16-8-9-17-10-13(2)14(3)11-17/h12-16H,4-11H2,1-3H3. The Morgan fingerprint density at radius 1 is 0.941 bits per heavy atom. The second-order valence-corrected chi connectivity index (χ2v) is 6.54. The Balaban J connectivity index is 1.62. The zero-order valence-electron chi connectivity index (χ0n) is 11.9. The first kappa shape index (κ1) is 13.4. The monoisotopic (exact) mass is 238 g/mol. The van der Waals surface area contributed by atoms with E-state index in [4.69, 9.17) is 0 Å². The van der Waals surface area contributed by atoms with E-state index in [0.29, 0.717) is 0 Å². The van der Waals surface area contributed by atoms with Crippen LogP contribution in [0.15, 0.2) is 0 Å². The minimum atomic E-state index is 0.793. The van der Waals surface area contributed by atoms with E-state index in [1.54, 1.807) is 0 Å². The smallest absolute Gasteiger partial charge is 0.0107 e. The molecule has 1 aliphatic heterocycles. The van der Waals surface area contributed by atoms with Crippen molar-refractivity contribution in [3.8, 4) is 0 Å². The van der Waals surface area contributed by atoms with Gasteiger partial charge in [-0.15, -0.1) is 0 Å². The lowest BCUT2D eigenvalue weighted by molar-refractivity contribution is 0.258. The average molecular weight is 238 g/mol. The maximum atomic E-state index is 3.79. The van der Waals surface area contributed by atoms with Crippen molar-refractivity contribution < 1.29 is 0 Å². The predicted octanol–water partition coefficient (Wildman–Crippen LogP) is 2.74. The first-order valence-corrected chi connectivity index (χ1v) is 7.62. The summed E-state index contributed by atoms with van der Waals surface area (Å²) in [6, 6.07) is 0.793. The number of hydrogen-bond acceptors (Lipinski definition) is 2. The van der Waals surface area contributed by atoms with E-state index >= 15 is 0 Å². The fourth-order valence-electron chi connectivity index (χ4n) is 3.46. The summed E-state index contributed by atoms with van der Waals surface area (Å²) in [5.74, 6) is 2.67. The van der Waals surface area contributed by atoms with Gasteiger partial charge in [-0.05, 0) is 30.6 Å². The van der Waals surface area contributed by atoms with Crippen LogP contribution in [0.2, 0.25) is 0 Å². The molecule has 2 fully saturated rings. The number of hydrogen-bond donors (Lipinski definition) is 1. The van der Waals surface area contributed by atoms with E-state index in [0.717, 1.165) is 23.8 Å². The van der Waals surface area contributed by atoms with Crippen LogP contribution in [0.25, 0.3) is 0 Å². The first-order valence-electron chi connectivity index (χ1n) is 7.62. The molecular formula is C15H30N2. The summed E-state index contributed by atoms with van der Waals surface area (Å²) in [4.78, 5) is 2.63. The molecule has 1 heterocycles. The molecule has 0 amide bonds. The van der Waals surface area contributed by atoms with Crippen LogP contribution in [0.4, 0.5) is 0 Å². The minimum Gasteiger partial charge on any atom is -0.312 e. The molecule has 2 rings (SSSR count). The van der Waals surface area contributed by atoms with Crippen molar-refractivity contribution in [2.75, 3.05) is 26.2 Å². The van der Waals surface area contributed by atoms with Crippen molar-refractivity contribution in [1.29, 1.82) is 0 Å². The van der Waals surface area contributed by atoms with Crippen LogP contribution in [-0.2, 0) is 0 Å². The lowest BCUT2D eigenvalue weighted by Crippen LogP contribution is -2.41. The Morgan fingerprint density at radius 2 is 1.59 bits per heavy atom. The maximum Gasteiger partial charge on any atom is 0.0107 e. The van der Waals surface area contributed by atoms with Gasteiger partial charge in [-0.25, -0.2) is 0 Å². The van der Waals surface area contributed by atoms with E-state index in [1.165, 1.54) is 51.9 Å². The second-order valence-electron chi connectivity index (χ2n) is 6.54. The normalized spacial score (nSPS) is 39.7. The van der Waals surface area contributed by atoms with Crippen LogP contribution in [0.5, 0.6) is 0 Å².